The molecule has 0 saturated carbocycles. The molecule has 0 spiro atoms. The molecule has 8 N–H and O–H groups in total. The van der Waals surface area contributed by atoms with E-state index >= 15 is 0 Å². The highest BCUT2D eigenvalue weighted by Crippen LogP contribution is 2.37. The third-order valence-electron chi connectivity index (χ3n) is 7.98. The first-order valence-corrected chi connectivity index (χ1v) is 18.3. The largest absolute Gasteiger partial charge is 0.507 e. The van der Waals surface area contributed by atoms with Crippen LogP contribution in [0.4, 0.5) is 22.7 Å². The number of aromatic hydroxyl groups is 2. The fourth-order valence-corrected chi connectivity index (χ4v) is 7.03. The Kier molecular flexibility index (Phi) is 9.76. The minimum absolute atomic E-state index is 0.0229. The van der Waals surface area contributed by atoms with E-state index in [1.54, 1.807) is 0 Å². The quantitative estimate of drug-likeness (QED) is 0.0753. The Hall–Kier alpha value is -6.86. The lowest BCUT2D eigenvalue weighted by molar-refractivity contribution is -0.132. The number of rotatable bonds is 8. The number of carbonyl (C=O) groups excluding carboxylic acids is 4. The molecule has 0 atom stereocenters. The van der Waals surface area contributed by atoms with Crippen molar-refractivity contribution in [3.63, 3.8) is 0 Å². The van der Waals surface area contributed by atoms with Gasteiger partial charge in [-0.2, -0.15) is 16.8 Å². The van der Waals surface area contributed by atoms with E-state index in [0.717, 1.165) is 12.1 Å². The van der Waals surface area contributed by atoms with Gasteiger partial charge in [-0.15, -0.1) is 0 Å². The van der Waals surface area contributed by atoms with Crippen molar-refractivity contribution in [1.82, 2.24) is 0 Å². The van der Waals surface area contributed by atoms with Gasteiger partial charge in [-0.05, 0) is 72.8 Å². The maximum atomic E-state index is 13.2. The summed E-state index contributed by atoms with van der Waals surface area (Å²) in [6.07, 6.45) is 0. The zero-order valence-corrected chi connectivity index (χ0v) is 28.9. The van der Waals surface area contributed by atoms with E-state index < -0.39 is 65.2 Å². The van der Waals surface area contributed by atoms with E-state index in [2.05, 4.69) is 21.3 Å². The highest BCUT2D eigenvalue weighted by atomic mass is 32.2. The summed E-state index contributed by atoms with van der Waals surface area (Å²) < 4.78 is 66.6. The van der Waals surface area contributed by atoms with Crippen LogP contribution in [0.25, 0.3) is 21.5 Å². The molecule has 274 valence electrons. The van der Waals surface area contributed by atoms with Crippen LogP contribution in [0.15, 0.2) is 119 Å². The molecular formula is C36H26N4O12S2. The van der Waals surface area contributed by atoms with Gasteiger partial charge in [0, 0.05) is 55.4 Å². The van der Waals surface area contributed by atoms with Crippen LogP contribution < -0.4 is 21.3 Å². The van der Waals surface area contributed by atoms with Gasteiger partial charge in [0.25, 0.3) is 32.1 Å². The van der Waals surface area contributed by atoms with Gasteiger partial charge < -0.3 is 31.5 Å². The average molecular weight is 771 g/mol. The summed E-state index contributed by atoms with van der Waals surface area (Å²) in [5.74, 6) is -4.56. The first-order chi connectivity index (χ1) is 25.5. The Morgan fingerprint density at radius 1 is 0.463 bits per heavy atom. The van der Waals surface area contributed by atoms with E-state index in [1.165, 1.54) is 97.1 Å². The molecule has 0 aliphatic heterocycles. The Morgan fingerprint density at radius 3 is 1.20 bits per heavy atom. The Balaban J connectivity index is 1.13. The molecule has 0 bridgehead atoms. The fraction of sp³-hybridized carbons (Fsp3) is 0. The van der Waals surface area contributed by atoms with Crippen molar-refractivity contribution in [3.05, 3.63) is 120 Å². The molecule has 0 saturated heterocycles. The van der Waals surface area contributed by atoms with Crippen LogP contribution in [0.5, 0.6) is 11.5 Å². The molecule has 0 radical (unpaired) electrons. The van der Waals surface area contributed by atoms with Crippen molar-refractivity contribution in [2.24, 2.45) is 0 Å². The van der Waals surface area contributed by atoms with Crippen LogP contribution in [-0.4, -0.2) is 59.8 Å². The van der Waals surface area contributed by atoms with E-state index in [9.17, 15) is 55.3 Å². The minimum Gasteiger partial charge on any atom is -0.507 e. The number of phenols is 2. The monoisotopic (exact) mass is 770 g/mol. The maximum absolute atomic E-state index is 13.2. The number of hydrogen-bond acceptors (Lipinski definition) is 10. The normalized spacial score (nSPS) is 11.5. The van der Waals surface area contributed by atoms with Crippen LogP contribution >= 0.6 is 0 Å². The number of amides is 4. The first-order valence-electron chi connectivity index (χ1n) is 15.4. The van der Waals surface area contributed by atoms with Crippen LogP contribution in [-0.2, 0) is 29.8 Å². The summed E-state index contributed by atoms with van der Waals surface area (Å²) >= 11 is 0. The molecule has 6 rings (SSSR count). The third kappa shape index (κ3) is 7.66. The number of carbonyl (C=O) groups is 4. The molecule has 0 aliphatic carbocycles. The SMILES string of the molecule is O=C(Nc1cccc(C(=O)Nc2ccc(S(=O)(=O)O)c3c(O)cccc23)c1)C(=O)Nc1cccc(C(=O)Nc2ccc(S(=O)(=O)O)c3c(O)cccc23)c1. The summed E-state index contributed by atoms with van der Waals surface area (Å²) in [4.78, 5) is 50.8. The van der Waals surface area contributed by atoms with Crippen LogP contribution in [0.2, 0.25) is 0 Å². The van der Waals surface area contributed by atoms with Crippen molar-refractivity contribution in [3.8, 4) is 11.5 Å². The topological polar surface area (TPSA) is 266 Å². The molecule has 16 nitrogen and oxygen atoms in total. The van der Waals surface area contributed by atoms with Gasteiger partial charge in [0.1, 0.15) is 21.3 Å². The van der Waals surface area contributed by atoms with E-state index in [0.29, 0.717) is 0 Å². The van der Waals surface area contributed by atoms with Crippen LogP contribution in [0.3, 0.4) is 0 Å². The summed E-state index contributed by atoms with van der Waals surface area (Å²) in [6, 6.07) is 23.6. The first kappa shape index (κ1) is 36.9. The number of fused-ring (bicyclic) bond motifs is 2. The Bertz CT molecular complexity index is 2600. The summed E-state index contributed by atoms with van der Waals surface area (Å²) in [5.41, 5.74) is 0.359. The van der Waals surface area contributed by atoms with E-state index in [-0.39, 0.29) is 55.4 Å². The average Bonchev–Trinajstić information content (AvgIpc) is 3.11. The molecule has 0 heterocycles. The molecule has 6 aromatic carbocycles. The highest BCUT2D eigenvalue weighted by Gasteiger charge is 2.22. The summed E-state index contributed by atoms with van der Waals surface area (Å²) in [7, 11) is -9.43. The second-order valence-corrected chi connectivity index (χ2v) is 14.3. The highest BCUT2D eigenvalue weighted by molar-refractivity contribution is 7.86. The second-order valence-electron chi connectivity index (χ2n) is 11.6. The summed E-state index contributed by atoms with van der Waals surface area (Å²) in [5, 5.41) is 30.3. The smallest absolute Gasteiger partial charge is 0.314 e. The zero-order chi connectivity index (χ0) is 38.9. The number of phenolic OH excluding ortho intramolecular Hbond substituents is 2. The van der Waals surface area contributed by atoms with Crippen molar-refractivity contribution < 1.29 is 55.3 Å². The molecule has 4 amide bonds. The number of anilines is 4. The van der Waals surface area contributed by atoms with Gasteiger partial charge in [-0.25, -0.2) is 0 Å². The fourth-order valence-electron chi connectivity index (χ4n) is 5.60. The zero-order valence-electron chi connectivity index (χ0n) is 27.3. The van der Waals surface area contributed by atoms with Gasteiger partial charge >= 0.3 is 11.8 Å². The predicted molar refractivity (Wildman–Crippen MR) is 197 cm³/mol. The molecule has 6 aromatic rings. The molecular weight excluding hydrogens is 745 g/mol. The maximum Gasteiger partial charge on any atom is 0.314 e. The van der Waals surface area contributed by atoms with Crippen molar-refractivity contribution in [2.75, 3.05) is 21.3 Å². The molecule has 18 heteroatoms. The van der Waals surface area contributed by atoms with Gasteiger partial charge in [-0.1, -0.05) is 36.4 Å². The van der Waals surface area contributed by atoms with Gasteiger partial charge in [0.15, 0.2) is 0 Å². The number of hydrogen-bond donors (Lipinski definition) is 8. The van der Waals surface area contributed by atoms with Crippen molar-refractivity contribution in [1.29, 1.82) is 0 Å². The Labute approximate surface area is 305 Å². The number of nitrogens with one attached hydrogen (secondary N) is 4. The standard InChI is InChI=1S/C36H26N4O12S2/c41-27-11-3-9-23-25(13-15-29(31(23)27)53(47,48)49)39-33(43)19-5-1-7-21(17-19)37-35(45)36(46)38-22-8-2-6-20(18-22)34(44)40-26-14-16-30(54(50,51)52)32-24(26)10-4-12-28(32)42/h1-18,41-42H,(H,37,45)(H,38,46)(H,39,43)(H,40,44)(H,47,48,49)(H,50,51,52). The van der Waals surface area contributed by atoms with E-state index in [1.807, 2.05) is 0 Å². The van der Waals surface area contributed by atoms with E-state index in [4.69, 9.17) is 0 Å². The molecule has 54 heavy (non-hydrogen) atoms. The second kappa shape index (κ2) is 14.3. The summed E-state index contributed by atoms with van der Waals surface area (Å²) in [6.45, 7) is 0. The van der Waals surface area contributed by atoms with Crippen molar-refractivity contribution >= 4 is 88.2 Å². The van der Waals surface area contributed by atoms with Gasteiger partial charge in [0.05, 0.1) is 0 Å². The minimum atomic E-state index is -4.72. The predicted octanol–water partition coefficient (Wildman–Crippen LogP) is 4.98. The lowest BCUT2D eigenvalue weighted by atomic mass is 10.1. The van der Waals surface area contributed by atoms with Gasteiger partial charge in [-0.3, -0.25) is 28.3 Å². The Morgan fingerprint density at radius 2 is 0.833 bits per heavy atom. The molecule has 0 unspecified atom stereocenters. The molecule has 0 aromatic heterocycles. The lowest BCUT2D eigenvalue weighted by Crippen LogP contribution is -2.29. The van der Waals surface area contributed by atoms with Gasteiger partial charge in [0.2, 0.25) is 0 Å². The molecule has 0 fully saturated rings. The van der Waals surface area contributed by atoms with Crippen LogP contribution in [0.1, 0.15) is 20.7 Å². The van der Waals surface area contributed by atoms with Crippen LogP contribution in [0, 0.1) is 0 Å². The number of benzene rings is 6. The third-order valence-corrected chi connectivity index (χ3v) is 9.78. The lowest BCUT2D eigenvalue weighted by Gasteiger charge is -2.13. The van der Waals surface area contributed by atoms with Crippen molar-refractivity contribution in [2.45, 2.75) is 9.79 Å². The molecule has 0 aliphatic rings.